The topological polar surface area (TPSA) is 64.7 Å². The largest absolute Gasteiger partial charge is 0.416 e. The minimum atomic E-state index is -4.41. The molecule has 9 heteroatoms. The molecular formula is C19H19F3N4OS. The molecule has 0 atom stereocenters. The fourth-order valence-corrected chi connectivity index (χ4v) is 3.38. The highest BCUT2D eigenvalue weighted by atomic mass is 32.2. The zero-order valence-electron chi connectivity index (χ0n) is 15.7. The van der Waals surface area contributed by atoms with Crippen molar-refractivity contribution in [2.75, 3.05) is 5.75 Å². The highest BCUT2D eigenvalue weighted by molar-refractivity contribution is 7.99. The Hall–Kier alpha value is -2.42. The van der Waals surface area contributed by atoms with Crippen molar-refractivity contribution < 1.29 is 17.7 Å². The number of nitrogens with zero attached hydrogens (tertiary/aromatic N) is 4. The van der Waals surface area contributed by atoms with Gasteiger partial charge < -0.3 is 4.52 Å². The molecule has 0 aliphatic rings. The molecule has 3 aromatic rings. The molecule has 2 aromatic heterocycles. The Bertz CT molecular complexity index is 949. The smallest absolute Gasteiger partial charge is 0.339 e. The molecule has 5 nitrogen and oxygen atoms in total. The van der Waals surface area contributed by atoms with Crippen LogP contribution in [0.1, 0.15) is 34.8 Å². The van der Waals surface area contributed by atoms with Gasteiger partial charge in [-0.25, -0.2) is 9.97 Å². The van der Waals surface area contributed by atoms with Crippen LogP contribution in [0.15, 0.2) is 33.9 Å². The molecule has 0 aliphatic heterocycles. The van der Waals surface area contributed by atoms with Crippen LogP contribution in [0.2, 0.25) is 0 Å². The standard InChI is InChI=1S/C19H19F3N4OS/c1-11-12(2)23-18(24-13(11)3)28-9-5-8-16-25-17(26-27-16)14-6-4-7-15(10-14)19(20,21)22/h4,6-7,10H,5,8-9H2,1-3H3. The number of rotatable bonds is 6. The van der Waals surface area contributed by atoms with Gasteiger partial charge in [0.05, 0.1) is 5.56 Å². The second-order valence-corrected chi connectivity index (χ2v) is 7.41. The lowest BCUT2D eigenvalue weighted by Crippen LogP contribution is -2.04. The van der Waals surface area contributed by atoms with Crippen molar-refractivity contribution in [3.05, 3.63) is 52.7 Å². The second-order valence-electron chi connectivity index (χ2n) is 6.34. The van der Waals surface area contributed by atoms with Crippen LogP contribution in [0.5, 0.6) is 0 Å². The van der Waals surface area contributed by atoms with Crippen molar-refractivity contribution in [3.8, 4) is 11.4 Å². The highest BCUT2D eigenvalue weighted by Gasteiger charge is 2.30. The van der Waals surface area contributed by atoms with Crippen molar-refractivity contribution >= 4 is 11.8 Å². The molecule has 0 unspecified atom stereocenters. The first kappa shape index (κ1) is 20.3. The van der Waals surface area contributed by atoms with Gasteiger partial charge in [0.1, 0.15) is 0 Å². The number of aryl methyl sites for hydroxylation is 3. The summed E-state index contributed by atoms with van der Waals surface area (Å²) in [6, 6.07) is 4.89. The summed E-state index contributed by atoms with van der Waals surface area (Å²) < 4.78 is 43.7. The Labute approximate surface area is 164 Å². The SMILES string of the molecule is Cc1nc(SCCCc2nc(-c3cccc(C(F)(F)F)c3)no2)nc(C)c1C. The van der Waals surface area contributed by atoms with Crippen molar-refractivity contribution in [1.29, 1.82) is 0 Å². The average Bonchev–Trinajstić information content (AvgIpc) is 3.11. The van der Waals surface area contributed by atoms with Gasteiger partial charge in [-0.15, -0.1) is 0 Å². The van der Waals surface area contributed by atoms with Gasteiger partial charge in [-0.1, -0.05) is 29.1 Å². The zero-order valence-corrected chi connectivity index (χ0v) is 16.5. The number of hydrogen-bond donors (Lipinski definition) is 0. The molecule has 0 radical (unpaired) electrons. The van der Waals surface area contributed by atoms with Crippen LogP contribution in [-0.4, -0.2) is 25.9 Å². The summed E-state index contributed by atoms with van der Waals surface area (Å²) in [5.41, 5.74) is 2.57. The summed E-state index contributed by atoms with van der Waals surface area (Å²) in [4.78, 5) is 13.1. The third-order valence-electron chi connectivity index (χ3n) is 4.29. The van der Waals surface area contributed by atoms with E-state index in [1.54, 1.807) is 11.8 Å². The fraction of sp³-hybridized carbons (Fsp3) is 0.368. The summed E-state index contributed by atoms with van der Waals surface area (Å²) in [6.45, 7) is 5.92. The Kier molecular flexibility index (Phi) is 6.02. The summed E-state index contributed by atoms with van der Waals surface area (Å²) in [5, 5.41) is 4.53. The van der Waals surface area contributed by atoms with E-state index in [1.807, 2.05) is 20.8 Å². The molecule has 1 aromatic carbocycles. The van der Waals surface area contributed by atoms with Gasteiger partial charge in [0.2, 0.25) is 11.7 Å². The first-order chi connectivity index (χ1) is 13.2. The number of hydrogen-bond acceptors (Lipinski definition) is 6. The van der Waals surface area contributed by atoms with Gasteiger partial charge in [-0.3, -0.25) is 0 Å². The number of alkyl halides is 3. The van der Waals surface area contributed by atoms with Crippen molar-refractivity contribution in [1.82, 2.24) is 20.1 Å². The van der Waals surface area contributed by atoms with Crippen molar-refractivity contribution in [3.63, 3.8) is 0 Å². The Morgan fingerprint density at radius 3 is 2.43 bits per heavy atom. The molecule has 28 heavy (non-hydrogen) atoms. The summed E-state index contributed by atoms with van der Waals surface area (Å²) in [6.07, 6.45) is -3.12. The molecule has 0 saturated carbocycles. The van der Waals surface area contributed by atoms with Gasteiger partial charge in [0, 0.05) is 29.1 Å². The van der Waals surface area contributed by atoms with E-state index >= 15 is 0 Å². The minimum Gasteiger partial charge on any atom is -0.339 e. The quantitative estimate of drug-likeness (QED) is 0.317. The highest BCUT2D eigenvalue weighted by Crippen LogP contribution is 2.31. The molecule has 3 rings (SSSR count). The van der Waals surface area contributed by atoms with Crippen molar-refractivity contribution in [2.45, 2.75) is 44.9 Å². The Balaban J connectivity index is 1.57. The lowest BCUT2D eigenvalue weighted by atomic mass is 10.1. The third kappa shape index (κ3) is 4.89. The van der Waals surface area contributed by atoms with Crippen LogP contribution in [0.25, 0.3) is 11.4 Å². The zero-order chi connectivity index (χ0) is 20.3. The van der Waals surface area contributed by atoms with E-state index in [0.717, 1.165) is 46.4 Å². The molecule has 0 spiro atoms. The molecule has 0 aliphatic carbocycles. The third-order valence-corrected chi connectivity index (χ3v) is 5.23. The maximum Gasteiger partial charge on any atom is 0.416 e. The summed E-state index contributed by atoms with van der Waals surface area (Å²) in [7, 11) is 0. The average molecular weight is 408 g/mol. The van der Waals surface area contributed by atoms with E-state index in [2.05, 4.69) is 20.1 Å². The van der Waals surface area contributed by atoms with Gasteiger partial charge in [-0.2, -0.15) is 18.2 Å². The molecule has 0 N–H and O–H groups in total. The van der Waals surface area contributed by atoms with E-state index in [9.17, 15) is 13.2 Å². The first-order valence-corrected chi connectivity index (χ1v) is 9.67. The molecular weight excluding hydrogens is 389 g/mol. The summed E-state index contributed by atoms with van der Waals surface area (Å²) >= 11 is 1.55. The Morgan fingerprint density at radius 1 is 1.04 bits per heavy atom. The maximum atomic E-state index is 12.8. The van der Waals surface area contributed by atoms with E-state index in [1.165, 1.54) is 12.1 Å². The van der Waals surface area contributed by atoms with Crippen LogP contribution in [0.4, 0.5) is 13.2 Å². The molecule has 0 fully saturated rings. The fourth-order valence-electron chi connectivity index (χ4n) is 2.50. The molecule has 0 bridgehead atoms. The van der Waals surface area contributed by atoms with Crippen LogP contribution in [0.3, 0.4) is 0 Å². The van der Waals surface area contributed by atoms with Gasteiger partial charge in [0.15, 0.2) is 5.16 Å². The van der Waals surface area contributed by atoms with E-state index in [0.29, 0.717) is 12.3 Å². The number of aromatic nitrogens is 4. The number of thioether (sulfide) groups is 1. The van der Waals surface area contributed by atoms with Crippen LogP contribution in [0, 0.1) is 20.8 Å². The number of halogens is 3. The second kappa shape index (κ2) is 8.30. The molecule has 0 saturated heterocycles. The van der Waals surface area contributed by atoms with Crippen LogP contribution >= 0.6 is 11.8 Å². The van der Waals surface area contributed by atoms with E-state index in [-0.39, 0.29) is 11.4 Å². The normalized spacial score (nSPS) is 11.8. The van der Waals surface area contributed by atoms with E-state index in [4.69, 9.17) is 4.52 Å². The van der Waals surface area contributed by atoms with Gasteiger partial charge >= 0.3 is 6.18 Å². The number of benzene rings is 1. The predicted octanol–water partition coefficient (Wildman–Crippen LogP) is 5.20. The lowest BCUT2D eigenvalue weighted by molar-refractivity contribution is -0.137. The predicted molar refractivity (Wildman–Crippen MR) is 100 cm³/mol. The van der Waals surface area contributed by atoms with Crippen LogP contribution in [-0.2, 0) is 12.6 Å². The van der Waals surface area contributed by atoms with Gasteiger partial charge in [-0.05, 0) is 44.9 Å². The van der Waals surface area contributed by atoms with Gasteiger partial charge in [0.25, 0.3) is 0 Å². The molecule has 148 valence electrons. The van der Waals surface area contributed by atoms with E-state index < -0.39 is 11.7 Å². The van der Waals surface area contributed by atoms with Crippen LogP contribution < -0.4 is 0 Å². The lowest BCUT2D eigenvalue weighted by Gasteiger charge is -2.06. The maximum absolute atomic E-state index is 12.8. The monoisotopic (exact) mass is 408 g/mol. The molecule has 2 heterocycles. The van der Waals surface area contributed by atoms with Crippen molar-refractivity contribution in [2.24, 2.45) is 0 Å². The Morgan fingerprint density at radius 2 is 1.75 bits per heavy atom. The summed E-state index contributed by atoms with van der Waals surface area (Å²) in [5.74, 6) is 1.32. The molecule has 0 amide bonds. The minimum absolute atomic E-state index is 0.155. The first-order valence-electron chi connectivity index (χ1n) is 8.69.